The van der Waals surface area contributed by atoms with E-state index >= 15 is 0 Å². The Balaban J connectivity index is 1.73. The fourth-order valence-corrected chi connectivity index (χ4v) is 1.64. The van der Waals surface area contributed by atoms with Crippen molar-refractivity contribution in [2.75, 3.05) is 6.54 Å². The van der Waals surface area contributed by atoms with E-state index in [1.165, 1.54) is 0 Å². The van der Waals surface area contributed by atoms with E-state index in [0.29, 0.717) is 29.5 Å². The maximum Gasteiger partial charge on any atom is 0.273 e. The molecule has 0 fully saturated rings. The molecule has 1 amide bonds. The van der Waals surface area contributed by atoms with Gasteiger partial charge in [0.1, 0.15) is 0 Å². The summed E-state index contributed by atoms with van der Waals surface area (Å²) < 4.78 is 1.73. The molecule has 2 heterocycles. The van der Waals surface area contributed by atoms with Gasteiger partial charge in [-0.25, -0.2) is 0 Å². The summed E-state index contributed by atoms with van der Waals surface area (Å²) in [6.45, 7) is 2.97. The summed E-state index contributed by atoms with van der Waals surface area (Å²) >= 11 is 5.74. The molecule has 0 aliphatic rings. The molecular weight excluding hydrogens is 256 g/mol. The second-order valence-corrected chi connectivity index (χ2v) is 4.23. The lowest BCUT2D eigenvalue weighted by Crippen LogP contribution is -2.26. The summed E-state index contributed by atoms with van der Waals surface area (Å²) in [6.07, 6.45) is 4.09. The van der Waals surface area contributed by atoms with Crippen LogP contribution in [0.25, 0.3) is 0 Å². The van der Waals surface area contributed by atoms with Crippen molar-refractivity contribution in [1.82, 2.24) is 30.5 Å². The lowest BCUT2D eigenvalue weighted by molar-refractivity contribution is 0.0947. The van der Waals surface area contributed by atoms with Gasteiger partial charge in [0.15, 0.2) is 5.69 Å². The Labute approximate surface area is 109 Å². The highest BCUT2D eigenvalue weighted by Crippen LogP contribution is 2.04. The SMILES string of the molecule is Cc1n[nH]nc1C(=O)NCCCn1cc(Cl)cn1. The fraction of sp³-hybridized carbons (Fsp3) is 0.400. The van der Waals surface area contributed by atoms with Gasteiger partial charge in [-0.15, -0.1) is 0 Å². The maximum absolute atomic E-state index is 11.7. The zero-order valence-electron chi connectivity index (χ0n) is 9.85. The van der Waals surface area contributed by atoms with Crippen LogP contribution in [-0.4, -0.2) is 37.6 Å². The van der Waals surface area contributed by atoms with Crippen molar-refractivity contribution >= 4 is 17.5 Å². The first-order valence-electron chi connectivity index (χ1n) is 5.50. The summed E-state index contributed by atoms with van der Waals surface area (Å²) in [4.78, 5) is 11.7. The largest absolute Gasteiger partial charge is 0.351 e. The van der Waals surface area contributed by atoms with Gasteiger partial charge in [0.2, 0.25) is 0 Å². The molecule has 0 aromatic carbocycles. The molecule has 0 saturated heterocycles. The van der Waals surface area contributed by atoms with Crippen LogP contribution >= 0.6 is 11.6 Å². The van der Waals surface area contributed by atoms with Crippen molar-refractivity contribution in [3.8, 4) is 0 Å². The molecule has 0 saturated carbocycles. The molecule has 0 spiro atoms. The zero-order valence-corrected chi connectivity index (χ0v) is 10.6. The van der Waals surface area contributed by atoms with Crippen LogP contribution in [0.1, 0.15) is 22.6 Å². The monoisotopic (exact) mass is 268 g/mol. The summed E-state index contributed by atoms with van der Waals surface area (Å²) in [5, 5.41) is 17.4. The minimum Gasteiger partial charge on any atom is -0.351 e. The van der Waals surface area contributed by atoms with E-state index in [1.54, 1.807) is 24.0 Å². The van der Waals surface area contributed by atoms with E-state index in [-0.39, 0.29) is 5.91 Å². The lowest BCUT2D eigenvalue weighted by atomic mass is 10.3. The van der Waals surface area contributed by atoms with E-state index in [1.807, 2.05) is 0 Å². The van der Waals surface area contributed by atoms with Crippen LogP contribution in [0.2, 0.25) is 5.02 Å². The third-order valence-corrected chi connectivity index (χ3v) is 2.58. The summed E-state index contributed by atoms with van der Waals surface area (Å²) in [7, 11) is 0. The van der Waals surface area contributed by atoms with Gasteiger partial charge in [0.25, 0.3) is 5.91 Å². The van der Waals surface area contributed by atoms with Gasteiger partial charge in [0, 0.05) is 19.3 Å². The molecular formula is C10H13ClN6O. The average Bonchev–Trinajstić information content (AvgIpc) is 2.93. The van der Waals surface area contributed by atoms with Gasteiger partial charge in [0.05, 0.1) is 16.9 Å². The number of carbonyl (C=O) groups excluding carboxylic acids is 1. The highest BCUT2D eigenvalue weighted by Gasteiger charge is 2.11. The Kier molecular flexibility index (Phi) is 3.93. The van der Waals surface area contributed by atoms with Crippen molar-refractivity contribution in [1.29, 1.82) is 0 Å². The first-order valence-corrected chi connectivity index (χ1v) is 5.88. The smallest absolute Gasteiger partial charge is 0.273 e. The summed E-state index contributed by atoms with van der Waals surface area (Å²) in [5.74, 6) is -0.222. The van der Waals surface area contributed by atoms with Gasteiger partial charge < -0.3 is 5.32 Å². The van der Waals surface area contributed by atoms with Crippen molar-refractivity contribution in [2.24, 2.45) is 0 Å². The third kappa shape index (κ3) is 3.07. The predicted molar refractivity (Wildman–Crippen MR) is 65.3 cm³/mol. The van der Waals surface area contributed by atoms with Crippen molar-refractivity contribution in [3.05, 3.63) is 28.8 Å². The fourth-order valence-electron chi connectivity index (χ4n) is 1.49. The van der Waals surface area contributed by atoms with Gasteiger partial charge in [-0.2, -0.15) is 20.5 Å². The number of aromatic nitrogens is 5. The second kappa shape index (κ2) is 5.63. The van der Waals surface area contributed by atoms with Crippen LogP contribution < -0.4 is 5.32 Å². The molecule has 0 aliphatic carbocycles. The zero-order chi connectivity index (χ0) is 13.0. The number of hydrogen-bond acceptors (Lipinski definition) is 4. The molecule has 0 unspecified atom stereocenters. The molecule has 7 nitrogen and oxygen atoms in total. The molecule has 96 valence electrons. The topological polar surface area (TPSA) is 88.5 Å². The number of aromatic amines is 1. The van der Waals surface area contributed by atoms with Crippen molar-refractivity contribution in [3.63, 3.8) is 0 Å². The van der Waals surface area contributed by atoms with Crippen molar-refractivity contribution in [2.45, 2.75) is 19.9 Å². The minimum atomic E-state index is -0.222. The van der Waals surface area contributed by atoms with Crippen LogP contribution in [0.15, 0.2) is 12.4 Å². The Morgan fingerprint density at radius 2 is 2.39 bits per heavy atom. The van der Waals surface area contributed by atoms with E-state index in [9.17, 15) is 4.79 Å². The number of amides is 1. The number of rotatable bonds is 5. The van der Waals surface area contributed by atoms with Gasteiger partial charge >= 0.3 is 0 Å². The van der Waals surface area contributed by atoms with Crippen molar-refractivity contribution < 1.29 is 4.79 Å². The molecule has 0 atom stereocenters. The van der Waals surface area contributed by atoms with Crippen LogP contribution in [0, 0.1) is 6.92 Å². The Hall–Kier alpha value is -1.89. The summed E-state index contributed by atoms with van der Waals surface area (Å²) in [5.41, 5.74) is 0.920. The van der Waals surface area contributed by atoms with Crippen LogP contribution in [0.3, 0.4) is 0 Å². The van der Waals surface area contributed by atoms with Gasteiger partial charge in [-0.3, -0.25) is 9.48 Å². The first-order chi connectivity index (χ1) is 8.66. The number of hydrogen-bond donors (Lipinski definition) is 2. The Morgan fingerprint density at radius 1 is 1.56 bits per heavy atom. The van der Waals surface area contributed by atoms with Crippen LogP contribution in [0.5, 0.6) is 0 Å². The predicted octanol–water partition coefficient (Wildman–Crippen LogP) is 0.783. The quantitative estimate of drug-likeness (QED) is 0.785. The standard InChI is InChI=1S/C10H13ClN6O/c1-7-9(15-16-14-7)10(18)12-3-2-4-17-6-8(11)5-13-17/h5-6H,2-4H2,1H3,(H,12,18)(H,14,15,16). The Bertz CT molecular complexity index is 534. The molecule has 2 N–H and O–H groups in total. The molecule has 2 rings (SSSR count). The normalized spacial score (nSPS) is 10.6. The molecule has 2 aromatic rings. The van der Waals surface area contributed by atoms with Gasteiger partial charge in [-0.1, -0.05) is 11.6 Å². The second-order valence-electron chi connectivity index (χ2n) is 3.79. The van der Waals surface area contributed by atoms with Crippen LogP contribution in [0.4, 0.5) is 0 Å². The summed E-state index contributed by atoms with van der Waals surface area (Å²) in [6, 6.07) is 0. The number of carbonyl (C=O) groups is 1. The molecule has 0 bridgehead atoms. The first kappa shape index (κ1) is 12.6. The van der Waals surface area contributed by atoms with Crippen LogP contribution in [-0.2, 0) is 6.54 Å². The Morgan fingerprint density at radius 3 is 3.00 bits per heavy atom. The molecule has 0 aliphatic heterocycles. The molecule has 8 heteroatoms. The highest BCUT2D eigenvalue weighted by atomic mass is 35.5. The highest BCUT2D eigenvalue weighted by molar-refractivity contribution is 6.30. The minimum absolute atomic E-state index is 0.222. The number of nitrogens with one attached hydrogen (secondary N) is 2. The number of halogens is 1. The van der Waals surface area contributed by atoms with E-state index in [2.05, 4.69) is 25.8 Å². The maximum atomic E-state index is 11.7. The third-order valence-electron chi connectivity index (χ3n) is 2.39. The number of H-pyrrole nitrogens is 1. The average molecular weight is 269 g/mol. The molecule has 0 radical (unpaired) electrons. The molecule has 18 heavy (non-hydrogen) atoms. The number of nitrogens with zero attached hydrogens (tertiary/aromatic N) is 4. The lowest BCUT2D eigenvalue weighted by Gasteiger charge is -2.03. The van der Waals surface area contributed by atoms with E-state index in [0.717, 1.165) is 6.42 Å². The molecule has 2 aromatic heterocycles. The van der Waals surface area contributed by atoms with E-state index in [4.69, 9.17) is 11.6 Å². The van der Waals surface area contributed by atoms with E-state index < -0.39 is 0 Å². The van der Waals surface area contributed by atoms with Gasteiger partial charge in [-0.05, 0) is 13.3 Å². The number of aryl methyl sites for hydroxylation is 2.